The Morgan fingerprint density at radius 3 is 2.86 bits per heavy atom. The fourth-order valence-electron chi connectivity index (χ4n) is 3.91. The summed E-state index contributed by atoms with van der Waals surface area (Å²) in [5.41, 5.74) is 2.11. The van der Waals surface area contributed by atoms with Crippen LogP contribution < -0.4 is 5.32 Å². The molecule has 2 aromatic rings. The lowest BCUT2D eigenvalue weighted by Gasteiger charge is -2.32. The van der Waals surface area contributed by atoms with Crippen molar-refractivity contribution in [3.05, 3.63) is 40.5 Å². The number of halogens is 1. The van der Waals surface area contributed by atoms with Gasteiger partial charge in [-0.15, -0.1) is 0 Å². The van der Waals surface area contributed by atoms with Gasteiger partial charge in [0.15, 0.2) is 0 Å². The molecule has 5 nitrogen and oxygen atoms in total. The topological polar surface area (TPSA) is 62.3 Å². The maximum Gasteiger partial charge on any atom is 0.255 e. The molecule has 3 rings (SSSR count). The van der Waals surface area contributed by atoms with E-state index >= 15 is 0 Å². The zero-order valence-corrected chi connectivity index (χ0v) is 18.1. The number of rotatable bonds is 7. The fraction of sp³-hybridized carbons (Fsp3) is 0.522. The molecule has 2 amide bonds. The van der Waals surface area contributed by atoms with E-state index < -0.39 is 0 Å². The van der Waals surface area contributed by atoms with Crippen molar-refractivity contribution in [1.29, 1.82) is 0 Å². The van der Waals surface area contributed by atoms with E-state index in [0.29, 0.717) is 29.4 Å². The number of nitrogens with zero attached hydrogens (tertiary/aromatic N) is 2. The van der Waals surface area contributed by atoms with Gasteiger partial charge in [0.2, 0.25) is 5.91 Å². The van der Waals surface area contributed by atoms with Crippen molar-refractivity contribution in [2.24, 2.45) is 5.92 Å². The lowest BCUT2D eigenvalue weighted by molar-refractivity contribution is -0.126. The number of pyridine rings is 1. The molecule has 2 heterocycles. The Morgan fingerprint density at radius 2 is 2.07 bits per heavy atom. The highest BCUT2D eigenvalue weighted by Gasteiger charge is 2.29. The molecule has 1 fully saturated rings. The average Bonchev–Trinajstić information content (AvgIpc) is 2.73. The molecule has 156 valence electrons. The minimum Gasteiger partial charge on any atom is -0.356 e. The second kappa shape index (κ2) is 10.1. The third kappa shape index (κ3) is 5.47. The Labute approximate surface area is 177 Å². The number of unbranched alkanes of at least 4 members (excludes halogenated alkanes) is 3. The third-order valence-electron chi connectivity index (χ3n) is 5.61. The summed E-state index contributed by atoms with van der Waals surface area (Å²) in [6, 6.07) is 7.35. The van der Waals surface area contributed by atoms with Crippen molar-refractivity contribution in [2.45, 2.75) is 52.4 Å². The normalized spacial score (nSPS) is 16.8. The Balaban J connectivity index is 1.65. The number of carbonyl (C=O) groups is 2. The van der Waals surface area contributed by atoms with Crippen LogP contribution in [0.5, 0.6) is 0 Å². The summed E-state index contributed by atoms with van der Waals surface area (Å²) < 4.78 is 0. The maximum atomic E-state index is 13.2. The number of piperidine rings is 1. The van der Waals surface area contributed by atoms with E-state index in [9.17, 15) is 9.59 Å². The van der Waals surface area contributed by atoms with E-state index in [0.717, 1.165) is 43.1 Å². The highest BCUT2D eigenvalue weighted by Crippen LogP contribution is 2.24. The number of amides is 2. The van der Waals surface area contributed by atoms with E-state index in [4.69, 9.17) is 11.6 Å². The van der Waals surface area contributed by atoms with E-state index in [1.807, 2.05) is 25.1 Å². The number of aryl methyl sites for hydroxylation is 1. The Bertz CT molecular complexity index is 884. The summed E-state index contributed by atoms with van der Waals surface area (Å²) in [4.78, 5) is 32.1. The third-order valence-corrected chi connectivity index (χ3v) is 5.84. The average molecular weight is 416 g/mol. The first-order valence-corrected chi connectivity index (χ1v) is 11.0. The van der Waals surface area contributed by atoms with Crippen LogP contribution in [-0.4, -0.2) is 41.3 Å². The minimum atomic E-state index is -0.137. The lowest BCUT2D eigenvalue weighted by Crippen LogP contribution is -2.45. The molecule has 1 aliphatic heterocycles. The van der Waals surface area contributed by atoms with Crippen molar-refractivity contribution in [1.82, 2.24) is 15.2 Å². The summed E-state index contributed by atoms with van der Waals surface area (Å²) in [6.07, 6.45) is 6.21. The molecule has 1 aromatic carbocycles. The molecular formula is C23H30ClN3O2. The number of hydrogen-bond acceptors (Lipinski definition) is 3. The van der Waals surface area contributed by atoms with Crippen LogP contribution in [0, 0.1) is 12.8 Å². The van der Waals surface area contributed by atoms with Crippen molar-refractivity contribution >= 4 is 34.3 Å². The first-order valence-electron chi connectivity index (χ1n) is 10.6. The number of carbonyl (C=O) groups excluding carboxylic acids is 2. The largest absolute Gasteiger partial charge is 0.356 e. The van der Waals surface area contributed by atoms with Gasteiger partial charge in [0.1, 0.15) is 0 Å². The van der Waals surface area contributed by atoms with Crippen LogP contribution in [0.3, 0.4) is 0 Å². The first kappa shape index (κ1) is 21.6. The Hall–Kier alpha value is -2.14. The molecule has 6 heteroatoms. The van der Waals surface area contributed by atoms with Gasteiger partial charge in [-0.2, -0.15) is 0 Å². The number of benzene rings is 1. The molecule has 29 heavy (non-hydrogen) atoms. The number of nitrogens with one attached hydrogen (secondary N) is 1. The molecule has 0 saturated carbocycles. The van der Waals surface area contributed by atoms with Crippen LogP contribution in [0.1, 0.15) is 61.5 Å². The molecule has 1 aromatic heterocycles. The van der Waals surface area contributed by atoms with Crippen molar-refractivity contribution < 1.29 is 9.59 Å². The fourth-order valence-corrected chi connectivity index (χ4v) is 4.09. The predicted molar refractivity (Wildman–Crippen MR) is 117 cm³/mol. The van der Waals surface area contributed by atoms with Crippen molar-refractivity contribution in [3.63, 3.8) is 0 Å². The van der Waals surface area contributed by atoms with Gasteiger partial charge >= 0.3 is 0 Å². The molecule has 1 N–H and O–H groups in total. The van der Waals surface area contributed by atoms with E-state index in [2.05, 4.69) is 17.2 Å². The highest BCUT2D eigenvalue weighted by molar-refractivity contribution is 6.31. The van der Waals surface area contributed by atoms with Gasteiger partial charge in [-0.3, -0.25) is 14.6 Å². The molecule has 1 unspecified atom stereocenters. The SMILES string of the molecule is CCCCCCNC(=O)C1CCCN(C(=O)c2cc3cc(Cl)ccc3nc2C)C1. The van der Waals surface area contributed by atoms with Gasteiger partial charge in [0.05, 0.1) is 22.7 Å². The number of hydrogen-bond donors (Lipinski definition) is 1. The van der Waals surface area contributed by atoms with E-state index in [-0.39, 0.29) is 17.7 Å². The molecule has 1 saturated heterocycles. The molecule has 0 spiro atoms. The van der Waals surface area contributed by atoms with Crippen LogP contribution in [0.15, 0.2) is 24.3 Å². The summed E-state index contributed by atoms with van der Waals surface area (Å²) in [5.74, 6) is -0.126. The van der Waals surface area contributed by atoms with Gasteiger partial charge in [-0.05, 0) is 50.5 Å². The monoisotopic (exact) mass is 415 g/mol. The molecule has 1 aliphatic rings. The van der Waals surface area contributed by atoms with Gasteiger partial charge in [0, 0.05) is 30.0 Å². The van der Waals surface area contributed by atoms with E-state index in [1.165, 1.54) is 12.8 Å². The predicted octanol–water partition coefficient (Wildman–Crippen LogP) is 4.75. The number of likely N-dealkylation sites (tertiary alicyclic amines) is 1. The van der Waals surface area contributed by atoms with E-state index in [1.54, 1.807) is 11.0 Å². The Morgan fingerprint density at radius 1 is 1.24 bits per heavy atom. The van der Waals surface area contributed by atoms with Gasteiger partial charge < -0.3 is 10.2 Å². The molecule has 0 radical (unpaired) electrons. The zero-order valence-electron chi connectivity index (χ0n) is 17.3. The van der Waals surface area contributed by atoms with Crippen LogP contribution in [-0.2, 0) is 4.79 Å². The number of fused-ring (bicyclic) bond motifs is 1. The summed E-state index contributed by atoms with van der Waals surface area (Å²) in [7, 11) is 0. The van der Waals surface area contributed by atoms with Crippen LogP contribution in [0.4, 0.5) is 0 Å². The molecular weight excluding hydrogens is 386 g/mol. The second-order valence-electron chi connectivity index (χ2n) is 7.90. The minimum absolute atomic E-state index is 0.0580. The van der Waals surface area contributed by atoms with Crippen LogP contribution in [0.2, 0.25) is 5.02 Å². The molecule has 0 aliphatic carbocycles. The lowest BCUT2D eigenvalue weighted by atomic mass is 9.96. The van der Waals surface area contributed by atoms with Gasteiger partial charge in [0.25, 0.3) is 5.91 Å². The van der Waals surface area contributed by atoms with Crippen molar-refractivity contribution in [2.75, 3.05) is 19.6 Å². The van der Waals surface area contributed by atoms with Gasteiger partial charge in [-0.25, -0.2) is 0 Å². The van der Waals surface area contributed by atoms with Crippen LogP contribution in [0.25, 0.3) is 10.9 Å². The molecule has 1 atom stereocenters. The van der Waals surface area contributed by atoms with Gasteiger partial charge in [-0.1, -0.05) is 37.8 Å². The Kier molecular flexibility index (Phi) is 7.48. The van der Waals surface area contributed by atoms with Crippen LogP contribution >= 0.6 is 11.6 Å². The summed E-state index contributed by atoms with van der Waals surface area (Å²) in [6.45, 7) is 5.88. The zero-order chi connectivity index (χ0) is 20.8. The summed E-state index contributed by atoms with van der Waals surface area (Å²) >= 11 is 6.10. The van der Waals surface area contributed by atoms with Crippen molar-refractivity contribution in [3.8, 4) is 0 Å². The highest BCUT2D eigenvalue weighted by atomic mass is 35.5. The summed E-state index contributed by atoms with van der Waals surface area (Å²) in [5, 5.41) is 4.52. The standard InChI is InChI=1S/C23H30ClN3O2/c1-3-4-5-6-11-25-22(28)17-8-7-12-27(15-17)23(29)20-14-18-13-19(24)9-10-21(18)26-16(20)2/h9-10,13-14,17H,3-8,11-12,15H2,1-2H3,(H,25,28). The number of aromatic nitrogens is 1. The smallest absolute Gasteiger partial charge is 0.255 e. The maximum absolute atomic E-state index is 13.2. The molecule has 0 bridgehead atoms. The quantitative estimate of drug-likeness (QED) is 0.664. The second-order valence-corrected chi connectivity index (χ2v) is 8.34. The first-order chi connectivity index (χ1) is 14.0.